The van der Waals surface area contributed by atoms with Crippen LogP contribution in [0.5, 0.6) is 11.5 Å². The summed E-state index contributed by atoms with van der Waals surface area (Å²) in [5, 5.41) is 13.1. The summed E-state index contributed by atoms with van der Waals surface area (Å²) >= 11 is 0. The van der Waals surface area contributed by atoms with Gasteiger partial charge in [-0.15, -0.1) is 0 Å². The number of aliphatic hydroxyl groups excluding tert-OH is 1. The normalized spacial score (nSPS) is 15.5. The first-order chi connectivity index (χ1) is 8.76. The van der Waals surface area contributed by atoms with Crippen molar-refractivity contribution < 1.29 is 19.3 Å². The van der Waals surface area contributed by atoms with Crippen molar-refractivity contribution in [2.45, 2.75) is 12.7 Å². The van der Waals surface area contributed by atoms with Gasteiger partial charge in [-0.05, 0) is 30.3 Å². The largest absolute Gasteiger partial charge is 0.486 e. The van der Waals surface area contributed by atoms with E-state index in [9.17, 15) is 5.11 Å². The fourth-order valence-corrected chi connectivity index (χ4v) is 2.04. The number of rotatable bonds is 5. The molecule has 1 heterocycles. The molecule has 0 fully saturated rings. The van der Waals surface area contributed by atoms with Gasteiger partial charge in [-0.25, -0.2) is 0 Å². The van der Waals surface area contributed by atoms with E-state index >= 15 is 0 Å². The highest BCUT2D eigenvalue weighted by Gasteiger charge is 2.19. The third-order valence-corrected chi connectivity index (χ3v) is 2.86. The van der Waals surface area contributed by atoms with Gasteiger partial charge in [0.05, 0.1) is 12.7 Å². The summed E-state index contributed by atoms with van der Waals surface area (Å²) in [6.07, 6.45) is -0.587. The Morgan fingerprint density at radius 1 is 1.33 bits per heavy atom. The Balaban J connectivity index is 2.35. The predicted molar refractivity (Wildman–Crippen MR) is 67.0 cm³/mol. The van der Waals surface area contributed by atoms with Crippen molar-refractivity contribution in [1.82, 2.24) is 5.32 Å². The molecule has 1 atom stereocenters. The Labute approximate surface area is 107 Å². The number of likely N-dealkylation sites (N-methyl/N-ethyl adjacent to an activating group) is 1. The molecule has 0 aliphatic carbocycles. The van der Waals surface area contributed by atoms with Crippen LogP contribution in [-0.4, -0.2) is 39.0 Å². The van der Waals surface area contributed by atoms with Gasteiger partial charge in [-0.2, -0.15) is 0 Å². The van der Waals surface area contributed by atoms with Gasteiger partial charge in [0.25, 0.3) is 0 Å². The molecule has 0 saturated carbocycles. The summed E-state index contributed by atoms with van der Waals surface area (Å²) in [4.78, 5) is 0. The average molecular weight is 253 g/mol. The van der Waals surface area contributed by atoms with Crippen molar-refractivity contribution in [2.24, 2.45) is 0 Å². The van der Waals surface area contributed by atoms with Gasteiger partial charge in [0.2, 0.25) is 0 Å². The predicted octanol–water partition coefficient (Wildman–Crippen LogP) is 0.857. The molecule has 0 amide bonds. The summed E-state index contributed by atoms with van der Waals surface area (Å²) in [6, 6.07) is 3.72. The van der Waals surface area contributed by atoms with Crippen LogP contribution in [0.25, 0.3) is 0 Å². The Kier molecular flexibility index (Phi) is 4.41. The maximum Gasteiger partial charge on any atom is 0.161 e. The zero-order valence-corrected chi connectivity index (χ0v) is 10.7. The van der Waals surface area contributed by atoms with E-state index in [2.05, 4.69) is 5.32 Å². The SMILES string of the molecule is CNCC(O)c1cc2c(cc1COC)OCCO2. The van der Waals surface area contributed by atoms with Gasteiger partial charge in [0, 0.05) is 13.7 Å². The van der Waals surface area contributed by atoms with E-state index in [4.69, 9.17) is 14.2 Å². The van der Waals surface area contributed by atoms with Crippen molar-refractivity contribution in [3.05, 3.63) is 23.3 Å². The van der Waals surface area contributed by atoms with Crippen LogP contribution >= 0.6 is 0 Å². The topological polar surface area (TPSA) is 60.0 Å². The minimum absolute atomic E-state index is 0.437. The van der Waals surface area contributed by atoms with Gasteiger partial charge in [0.1, 0.15) is 13.2 Å². The summed E-state index contributed by atoms with van der Waals surface area (Å²) in [5.74, 6) is 1.40. The molecule has 0 radical (unpaired) electrons. The smallest absolute Gasteiger partial charge is 0.161 e. The Bertz CT molecular complexity index is 408. The lowest BCUT2D eigenvalue weighted by Crippen LogP contribution is -2.20. The number of hydrogen-bond donors (Lipinski definition) is 2. The molecule has 0 spiro atoms. The number of hydrogen-bond acceptors (Lipinski definition) is 5. The summed E-state index contributed by atoms with van der Waals surface area (Å²) in [6.45, 7) is 2.01. The molecule has 0 saturated heterocycles. The standard InChI is InChI=1S/C13H19NO4/c1-14-7-11(15)10-6-13-12(17-3-4-18-13)5-9(10)8-16-2/h5-6,11,14-15H,3-4,7-8H2,1-2H3. The van der Waals surface area contributed by atoms with Crippen molar-refractivity contribution in [2.75, 3.05) is 33.9 Å². The van der Waals surface area contributed by atoms with E-state index < -0.39 is 6.10 Å². The molecule has 1 aliphatic heterocycles. The fraction of sp³-hybridized carbons (Fsp3) is 0.538. The summed E-state index contributed by atoms with van der Waals surface area (Å²) < 4.78 is 16.2. The Morgan fingerprint density at radius 3 is 2.61 bits per heavy atom. The van der Waals surface area contributed by atoms with E-state index in [-0.39, 0.29) is 0 Å². The summed E-state index contributed by atoms with van der Waals surface area (Å²) in [7, 11) is 3.43. The zero-order chi connectivity index (χ0) is 13.0. The minimum atomic E-state index is -0.587. The maximum absolute atomic E-state index is 10.1. The summed E-state index contributed by atoms with van der Waals surface area (Å²) in [5.41, 5.74) is 1.74. The third-order valence-electron chi connectivity index (χ3n) is 2.86. The number of fused-ring (bicyclic) bond motifs is 1. The molecular formula is C13H19NO4. The Morgan fingerprint density at radius 2 is 2.00 bits per heavy atom. The van der Waals surface area contributed by atoms with Crippen LogP contribution in [0.4, 0.5) is 0 Å². The van der Waals surface area contributed by atoms with Crippen LogP contribution in [0.15, 0.2) is 12.1 Å². The molecule has 1 aromatic carbocycles. The molecule has 1 unspecified atom stereocenters. The van der Waals surface area contributed by atoms with Gasteiger partial charge in [-0.3, -0.25) is 0 Å². The van der Waals surface area contributed by atoms with Crippen LogP contribution in [0.3, 0.4) is 0 Å². The third kappa shape index (κ3) is 2.75. The van der Waals surface area contributed by atoms with Crippen LogP contribution in [0.2, 0.25) is 0 Å². The molecule has 1 aromatic rings. The van der Waals surface area contributed by atoms with E-state index in [1.165, 1.54) is 0 Å². The molecule has 0 aromatic heterocycles. The zero-order valence-electron chi connectivity index (χ0n) is 10.7. The highest BCUT2D eigenvalue weighted by molar-refractivity contribution is 5.48. The first-order valence-corrected chi connectivity index (χ1v) is 6.00. The average Bonchev–Trinajstić information content (AvgIpc) is 2.38. The Hall–Kier alpha value is -1.30. The second-order valence-corrected chi connectivity index (χ2v) is 4.20. The minimum Gasteiger partial charge on any atom is -0.486 e. The number of benzene rings is 1. The van der Waals surface area contributed by atoms with Crippen molar-refractivity contribution >= 4 is 0 Å². The lowest BCUT2D eigenvalue weighted by molar-refractivity contribution is 0.153. The number of methoxy groups -OCH3 is 1. The number of ether oxygens (including phenoxy) is 3. The van der Waals surface area contributed by atoms with E-state index in [0.717, 1.165) is 11.1 Å². The van der Waals surface area contributed by atoms with Crippen LogP contribution in [0, 0.1) is 0 Å². The fourth-order valence-electron chi connectivity index (χ4n) is 2.04. The monoisotopic (exact) mass is 253 g/mol. The van der Waals surface area contributed by atoms with Crippen LogP contribution < -0.4 is 14.8 Å². The lowest BCUT2D eigenvalue weighted by atomic mass is 10.0. The quantitative estimate of drug-likeness (QED) is 0.815. The van der Waals surface area contributed by atoms with E-state index in [1.807, 2.05) is 12.1 Å². The first-order valence-electron chi connectivity index (χ1n) is 6.00. The maximum atomic E-state index is 10.1. The van der Waals surface area contributed by atoms with E-state index in [0.29, 0.717) is 37.9 Å². The van der Waals surface area contributed by atoms with Crippen molar-refractivity contribution in [1.29, 1.82) is 0 Å². The molecule has 2 N–H and O–H groups in total. The van der Waals surface area contributed by atoms with Gasteiger partial charge in [0.15, 0.2) is 11.5 Å². The molecule has 1 aliphatic rings. The molecule has 2 rings (SSSR count). The molecule has 100 valence electrons. The second-order valence-electron chi connectivity index (χ2n) is 4.20. The van der Waals surface area contributed by atoms with Gasteiger partial charge >= 0.3 is 0 Å². The molecular weight excluding hydrogens is 234 g/mol. The van der Waals surface area contributed by atoms with Gasteiger partial charge in [-0.1, -0.05) is 0 Å². The number of aliphatic hydroxyl groups is 1. The van der Waals surface area contributed by atoms with E-state index in [1.54, 1.807) is 14.2 Å². The molecule has 5 nitrogen and oxygen atoms in total. The van der Waals surface area contributed by atoms with Crippen molar-refractivity contribution in [3.8, 4) is 11.5 Å². The first kappa shape index (κ1) is 13.1. The highest BCUT2D eigenvalue weighted by atomic mass is 16.6. The second kappa shape index (κ2) is 6.04. The van der Waals surface area contributed by atoms with Gasteiger partial charge < -0.3 is 24.6 Å². The van der Waals surface area contributed by atoms with Crippen LogP contribution in [-0.2, 0) is 11.3 Å². The van der Waals surface area contributed by atoms with Crippen molar-refractivity contribution in [3.63, 3.8) is 0 Å². The molecule has 5 heteroatoms. The molecule has 0 bridgehead atoms. The van der Waals surface area contributed by atoms with Crippen LogP contribution in [0.1, 0.15) is 17.2 Å². The lowest BCUT2D eigenvalue weighted by Gasteiger charge is -2.23. The number of nitrogens with one attached hydrogen (secondary N) is 1. The molecule has 18 heavy (non-hydrogen) atoms. The highest BCUT2D eigenvalue weighted by Crippen LogP contribution is 2.35.